The van der Waals surface area contributed by atoms with Crippen LogP contribution in [0.2, 0.25) is 5.02 Å². The first-order chi connectivity index (χ1) is 15.8. The fourth-order valence-electron chi connectivity index (χ4n) is 3.88. The molecule has 2 nitrogen and oxygen atoms in total. The third kappa shape index (κ3) is 4.01. The van der Waals surface area contributed by atoms with Crippen LogP contribution in [-0.4, -0.2) is 10.8 Å². The standard InChI is InChI=1S/C29H21ClN2/c30-26-18-10-11-19-27(26)31-21-24-20-28(22-12-4-1-5-13-22)32(25-16-8-3-9-17-25)29(24)23-14-6-2-7-15-23/h1-21H. The fourth-order valence-corrected chi connectivity index (χ4v) is 4.07. The van der Waals surface area contributed by atoms with E-state index in [1.54, 1.807) is 0 Å². The Hall–Kier alpha value is -3.88. The average molecular weight is 433 g/mol. The summed E-state index contributed by atoms with van der Waals surface area (Å²) in [4.78, 5) is 4.73. The lowest BCUT2D eigenvalue weighted by Gasteiger charge is -2.15. The number of hydrogen-bond acceptors (Lipinski definition) is 1. The van der Waals surface area contributed by atoms with Gasteiger partial charge in [0.05, 0.1) is 22.1 Å². The van der Waals surface area contributed by atoms with Crippen molar-refractivity contribution < 1.29 is 0 Å². The zero-order valence-corrected chi connectivity index (χ0v) is 18.2. The predicted octanol–water partition coefficient (Wildman–Crippen LogP) is 8.22. The Morgan fingerprint density at radius 1 is 0.625 bits per heavy atom. The Labute approximate surface area is 193 Å². The largest absolute Gasteiger partial charge is 0.309 e. The summed E-state index contributed by atoms with van der Waals surface area (Å²) in [5, 5.41) is 0.635. The van der Waals surface area contributed by atoms with E-state index < -0.39 is 0 Å². The highest BCUT2D eigenvalue weighted by Gasteiger charge is 2.18. The predicted molar refractivity (Wildman–Crippen MR) is 135 cm³/mol. The van der Waals surface area contributed by atoms with Gasteiger partial charge in [-0.15, -0.1) is 0 Å². The molecule has 0 aliphatic rings. The number of benzene rings is 4. The van der Waals surface area contributed by atoms with Crippen LogP contribution in [0.15, 0.2) is 126 Å². The summed E-state index contributed by atoms with van der Waals surface area (Å²) < 4.78 is 2.30. The van der Waals surface area contributed by atoms with Gasteiger partial charge in [-0.2, -0.15) is 0 Å². The Bertz CT molecular complexity index is 1350. The molecule has 0 N–H and O–H groups in total. The number of hydrogen-bond donors (Lipinski definition) is 0. The molecule has 32 heavy (non-hydrogen) atoms. The number of rotatable bonds is 5. The second-order valence-corrected chi connectivity index (χ2v) is 7.85. The van der Waals surface area contributed by atoms with Crippen molar-refractivity contribution in [2.24, 2.45) is 4.99 Å². The third-order valence-electron chi connectivity index (χ3n) is 5.36. The van der Waals surface area contributed by atoms with Crippen molar-refractivity contribution in [3.63, 3.8) is 0 Å². The van der Waals surface area contributed by atoms with Crippen LogP contribution in [0.3, 0.4) is 0 Å². The first kappa shape index (κ1) is 20.0. The monoisotopic (exact) mass is 432 g/mol. The summed E-state index contributed by atoms with van der Waals surface area (Å²) in [5.74, 6) is 0. The molecule has 0 bridgehead atoms. The third-order valence-corrected chi connectivity index (χ3v) is 5.68. The first-order valence-electron chi connectivity index (χ1n) is 10.5. The highest BCUT2D eigenvalue weighted by Crippen LogP contribution is 2.36. The van der Waals surface area contributed by atoms with Gasteiger partial charge in [-0.1, -0.05) is 103 Å². The minimum absolute atomic E-state index is 0.635. The Balaban J connectivity index is 1.78. The molecule has 1 aromatic heterocycles. The van der Waals surface area contributed by atoms with Crippen LogP contribution >= 0.6 is 11.6 Å². The molecular weight excluding hydrogens is 412 g/mol. The van der Waals surface area contributed by atoms with Gasteiger partial charge in [0.1, 0.15) is 0 Å². The molecule has 1 heterocycles. The molecule has 154 valence electrons. The van der Waals surface area contributed by atoms with Crippen molar-refractivity contribution >= 4 is 23.5 Å². The number of nitrogens with zero attached hydrogens (tertiary/aromatic N) is 2. The van der Waals surface area contributed by atoms with Crippen molar-refractivity contribution in [2.75, 3.05) is 0 Å². The van der Waals surface area contributed by atoms with E-state index in [0.717, 1.165) is 39.5 Å². The van der Waals surface area contributed by atoms with Crippen LogP contribution in [0.5, 0.6) is 0 Å². The number of halogens is 1. The summed E-state index contributed by atoms with van der Waals surface area (Å²) in [6.07, 6.45) is 1.91. The van der Waals surface area contributed by atoms with Gasteiger partial charge in [0, 0.05) is 17.5 Å². The van der Waals surface area contributed by atoms with E-state index in [-0.39, 0.29) is 0 Å². The van der Waals surface area contributed by atoms with Gasteiger partial charge in [-0.3, -0.25) is 4.99 Å². The van der Waals surface area contributed by atoms with Crippen molar-refractivity contribution in [3.05, 3.63) is 132 Å². The van der Waals surface area contributed by atoms with E-state index >= 15 is 0 Å². The second kappa shape index (κ2) is 9.09. The Morgan fingerprint density at radius 2 is 1.19 bits per heavy atom. The summed E-state index contributed by atoms with van der Waals surface area (Å²) in [6, 6.07) is 41.2. The molecule has 0 saturated carbocycles. The van der Waals surface area contributed by atoms with E-state index in [4.69, 9.17) is 16.6 Å². The molecule has 5 aromatic rings. The van der Waals surface area contributed by atoms with Gasteiger partial charge in [-0.25, -0.2) is 0 Å². The second-order valence-electron chi connectivity index (χ2n) is 7.45. The fraction of sp³-hybridized carbons (Fsp3) is 0. The summed E-state index contributed by atoms with van der Waals surface area (Å²) in [6.45, 7) is 0. The topological polar surface area (TPSA) is 17.3 Å². The minimum atomic E-state index is 0.635. The maximum Gasteiger partial charge on any atom is 0.0816 e. The zero-order chi connectivity index (χ0) is 21.8. The maximum atomic E-state index is 6.36. The molecule has 0 radical (unpaired) electrons. The van der Waals surface area contributed by atoms with Crippen LogP contribution in [0.4, 0.5) is 5.69 Å². The summed E-state index contributed by atoms with van der Waals surface area (Å²) in [7, 11) is 0. The van der Waals surface area contributed by atoms with Crippen LogP contribution in [0.1, 0.15) is 5.56 Å². The molecule has 0 unspecified atom stereocenters. The van der Waals surface area contributed by atoms with E-state index in [2.05, 4.69) is 83.4 Å². The molecule has 0 aliphatic heterocycles. The van der Waals surface area contributed by atoms with Crippen LogP contribution < -0.4 is 0 Å². The molecule has 0 saturated heterocycles. The van der Waals surface area contributed by atoms with Gasteiger partial charge >= 0.3 is 0 Å². The van der Waals surface area contributed by atoms with Gasteiger partial charge in [0.15, 0.2) is 0 Å². The maximum absolute atomic E-state index is 6.36. The van der Waals surface area contributed by atoms with Crippen molar-refractivity contribution in [3.8, 4) is 28.2 Å². The summed E-state index contributed by atoms with van der Waals surface area (Å²) >= 11 is 6.36. The summed E-state index contributed by atoms with van der Waals surface area (Å²) in [5.41, 5.74) is 7.34. The molecule has 4 aromatic carbocycles. The lowest BCUT2D eigenvalue weighted by molar-refractivity contribution is 1.09. The van der Waals surface area contributed by atoms with E-state index in [1.807, 2.05) is 48.7 Å². The van der Waals surface area contributed by atoms with Crippen LogP contribution in [-0.2, 0) is 0 Å². The SMILES string of the molecule is Clc1ccccc1N=Cc1cc(-c2ccccc2)n(-c2ccccc2)c1-c1ccccc1. The minimum Gasteiger partial charge on any atom is -0.309 e. The molecule has 0 aliphatic carbocycles. The van der Waals surface area contributed by atoms with Crippen molar-refractivity contribution in [1.82, 2.24) is 4.57 Å². The molecular formula is C29H21ClN2. The number of aliphatic imine (C=N–C) groups is 1. The first-order valence-corrected chi connectivity index (χ1v) is 10.9. The number of para-hydroxylation sites is 2. The van der Waals surface area contributed by atoms with E-state index in [0.29, 0.717) is 5.02 Å². The quantitative estimate of drug-likeness (QED) is 0.249. The van der Waals surface area contributed by atoms with Gasteiger partial charge in [0.2, 0.25) is 0 Å². The van der Waals surface area contributed by atoms with Crippen LogP contribution in [0.25, 0.3) is 28.2 Å². The van der Waals surface area contributed by atoms with E-state index in [9.17, 15) is 0 Å². The highest BCUT2D eigenvalue weighted by molar-refractivity contribution is 6.33. The van der Waals surface area contributed by atoms with Gasteiger partial charge in [-0.05, 0) is 41.5 Å². The smallest absolute Gasteiger partial charge is 0.0816 e. The molecule has 0 amide bonds. The van der Waals surface area contributed by atoms with Gasteiger partial charge in [0.25, 0.3) is 0 Å². The average Bonchev–Trinajstić information content (AvgIpc) is 3.25. The lowest BCUT2D eigenvalue weighted by atomic mass is 10.1. The molecule has 0 fully saturated rings. The Morgan fingerprint density at radius 3 is 1.84 bits per heavy atom. The van der Waals surface area contributed by atoms with E-state index in [1.165, 1.54) is 0 Å². The molecule has 3 heteroatoms. The zero-order valence-electron chi connectivity index (χ0n) is 17.4. The van der Waals surface area contributed by atoms with Crippen molar-refractivity contribution in [1.29, 1.82) is 0 Å². The van der Waals surface area contributed by atoms with Gasteiger partial charge < -0.3 is 4.57 Å². The Kier molecular flexibility index (Phi) is 5.69. The molecule has 5 rings (SSSR count). The normalized spacial score (nSPS) is 11.2. The number of aromatic nitrogens is 1. The molecule has 0 atom stereocenters. The lowest BCUT2D eigenvalue weighted by Crippen LogP contribution is -2.00. The van der Waals surface area contributed by atoms with Crippen LogP contribution in [0, 0.1) is 0 Å². The van der Waals surface area contributed by atoms with Crippen molar-refractivity contribution in [2.45, 2.75) is 0 Å². The molecule has 0 spiro atoms. The highest BCUT2D eigenvalue weighted by atomic mass is 35.5.